The number of hydrogen-bond donors (Lipinski definition) is 2. The molecule has 2 aromatic rings. The summed E-state index contributed by atoms with van der Waals surface area (Å²) in [7, 11) is 0. The zero-order valence-corrected chi connectivity index (χ0v) is 9.22. The van der Waals surface area contributed by atoms with E-state index in [4.69, 9.17) is 5.11 Å². The molecule has 0 bridgehead atoms. The number of aromatic hydroxyl groups is 1. The maximum atomic E-state index is 12.4. The minimum Gasteiger partial charge on any atom is -0.504 e. The lowest BCUT2D eigenvalue weighted by Gasteiger charge is -2.07. The molecule has 0 aliphatic carbocycles. The average molecular weight is 272 g/mol. The van der Waals surface area contributed by atoms with Gasteiger partial charge in [0.15, 0.2) is 5.75 Å². The second-order valence-electron chi connectivity index (χ2n) is 3.66. The van der Waals surface area contributed by atoms with Crippen LogP contribution in [0, 0.1) is 0 Å². The van der Waals surface area contributed by atoms with Gasteiger partial charge < -0.3 is 10.2 Å². The summed E-state index contributed by atoms with van der Waals surface area (Å²) >= 11 is 0. The zero-order valence-electron chi connectivity index (χ0n) is 9.22. The van der Waals surface area contributed by atoms with Gasteiger partial charge in [0.25, 0.3) is 0 Å². The Kier molecular flexibility index (Phi) is 2.93. The molecule has 0 fully saturated rings. The van der Waals surface area contributed by atoms with Gasteiger partial charge in [-0.15, -0.1) is 0 Å². The van der Waals surface area contributed by atoms with Crippen LogP contribution in [0.2, 0.25) is 0 Å². The van der Waals surface area contributed by atoms with E-state index < -0.39 is 29.2 Å². The topological polar surface area (TPSA) is 75.3 Å². The molecule has 2 rings (SSSR count). The van der Waals surface area contributed by atoms with Gasteiger partial charge in [-0.1, -0.05) is 0 Å². The van der Waals surface area contributed by atoms with Crippen LogP contribution >= 0.6 is 0 Å². The first-order chi connectivity index (χ1) is 8.79. The minimum atomic E-state index is -4.45. The van der Waals surface area contributed by atoms with Gasteiger partial charge in [-0.05, 0) is 24.3 Å². The first-order valence-electron chi connectivity index (χ1n) is 4.98. The zero-order chi connectivity index (χ0) is 14.2. The number of aromatic nitrogens is 2. The highest BCUT2D eigenvalue weighted by Gasteiger charge is 2.30. The van der Waals surface area contributed by atoms with Crippen LogP contribution in [0.5, 0.6) is 5.75 Å². The van der Waals surface area contributed by atoms with Gasteiger partial charge in [0, 0.05) is 0 Å². The predicted octanol–water partition coefficient (Wildman–Crippen LogP) is 2.29. The third-order valence-corrected chi connectivity index (χ3v) is 2.36. The molecule has 0 aliphatic rings. The van der Waals surface area contributed by atoms with Crippen LogP contribution in [-0.2, 0) is 6.18 Å². The lowest BCUT2D eigenvalue weighted by Crippen LogP contribution is -2.05. The van der Waals surface area contributed by atoms with Crippen molar-refractivity contribution in [2.75, 3.05) is 0 Å². The molecule has 0 aliphatic heterocycles. The van der Waals surface area contributed by atoms with Gasteiger partial charge in [0.1, 0.15) is 0 Å². The second-order valence-corrected chi connectivity index (χ2v) is 3.66. The lowest BCUT2D eigenvalue weighted by molar-refractivity contribution is -0.137. The summed E-state index contributed by atoms with van der Waals surface area (Å²) in [5.41, 5.74) is -1.19. The molecule has 2 N–H and O–H groups in total. The van der Waals surface area contributed by atoms with Crippen molar-refractivity contribution in [2.24, 2.45) is 0 Å². The quantitative estimate of drug-likeness (QED) is 0.879. The average Bonchev–Trinajstić information content (AvgIpc) is 2.70. The molecule has 0 saturated carbocycles. The molecular weight excluding hydrogens is 265 g/mol. The molecule has 8 heteroatoms. The summed E-state index contributed by atoms with van der Waals surface area (Å²) in [6.07, 6.45) is -3.44. The lowest BCUT2D eigenvalue weighted by atomic mass is 10.2. The van der Waals surface area contributed by atoms with Gasteiger partial charge in [0.05, 0.1) is 17.4 Å². The van der Waals surface area contributed by atoms with E-state index in [1.807, 2.05) is 0 Å². The number of benzene rings is 1. The molecule has 0 spiro atoms. The van der Waals surface area contributed by atoms with Crippen LogP contribution in [0.1, 0.15) is 16.1 Å². The standard InChI is InChI=1S/C11H7F3N2O3/c12-11(13,14)6-1-3-7(4-2-6)16-5-8(17)9(15-16)10(18)19/h1-5,17H,(H,18,19). The predicted molar refractivity (Wildman–Crippen MR) is 57.2 cm³/mol. The van der Waals surface area contributed by atoms with E-state index in [2.05, 4.69) is 5.10 Å². The second kappa shape index (κ2) is 4.30. The van der Waals surface area contributed by atoms with Crippen molar-refractivity contribution in [1.82, 2.24) is 9.78 Å². The van der Waals surface area contributed by atoms with E-state index in [0.717, 1.165) is 35.1 Å². The SMILES string of the molecule is O=C(O)c1nn(-c2ccc(C(F)(F)F)cc2)cc1O. The molecule has 0 amide bonds. The molecule has 100 valence electrons. The van der Waals surface area contributed by atoms with Crippen molar-refractivity contribution in [3.05, 3.63) is 41.7 Å². The van der Waals surface area contributed by atoms with Crippen LogP contribution < -0.4 is 0 Å². The summed E-state index contributed by atoms with van der Waals surface area (Å²) in [5, 5.41) is 21.6. The minimum absolute atomic E-state index is 0.204. The molecule has 0 saturated heterocycles. The summed E-state index contributed by atoms with van der Waals surface area (Å²) in [6, 6.07) is 3.94. The van der Waals surface area contributed by atoms with E-state index in [-0.39, 0.29) is 5.69 Å². The number of halogens is 3. The number of hydrogen-bond acceptors (Lipinski definition) is 3. The van der Waals surface area contributed by atoms with Crippen molar-refractivity contribution in [3.8, 4) is 11.4 Å². The maximum absolute atomic E-state index is 12.4. The summed E-state index contributed by atoms with van der Waals surface area (Å²) in [5.74, 6) is -1.99. The fourth-order valence-electron chi connectivity index (χ4n) is 1.45. The summed E-state index contributed by atoms with van der Waals surface area (Å²) < 4.78 is 38.1. The molecule has 1 aromatic carbocycles. The van der Waals surface area contributed by atoms with Crippen LogP contribution in [-0.4, -0.2) is 26.0 Å². The highest BCUT2D eigenvalue weighted by molar-refractivity contribution is 5.88. The Bertz CT molecular complexity index is 617. The van der Waals surface area contributed by atoms with Gasteiger partial charge in [-0.25, -0.2) is 9.48 Å². The smallest absolute Gasteiger partial charge is 0.416 e. The number of alkyl halides is 3. The first-order valence-corrected chi connectivity index (χ1v) is 4.98. The Morgan fingerprint density at radius 2 is 1.79 bits per heavy atom. The molecule has 5 nitrogen and oxygen atoms in total. The monoisotopic (exact) mass is 272 g/mol. The van der Waals surface area contributed by atoms with Gasteiger partial charge >= 0.3 is 12.1 Å². The Labute approximate surface area is 104 Å². The van der Waals surface area contributed by atoms with Crippen LogP contribution in [0.15, 0.2) is 30.5 Å². The van der Waals surface area contributed by atoms with Crippen molar-refractivity contribution >= 4 is 5.97 Å². The van der Waals surface area contributed by atoms with E-state index in [1.54, 1.807) is 0 Å². The number of carboxylic acids is 1. The summed E-state index contributed by atoms with van der Waals surface area (Å²) in [4.78, 5) is 10.7. The third-order valence-electron chi connectivity index (χ3n) is 2.36. The van der Waals surface area contributed by atoms with Crippen molar-refractivity contribution in [2.45, 2.75) is 6.18 Å². The van der Waals surface area contributed by atoms with Crippen molar-refractivity contribution in [3.63, 3.8) is 0 Å². The first kappa shape index (κ1) is 12.9. The molecule has 1 heterocycles. The maximum Gasteiger partial charge on any atom is 0.416 e. The Balaban J connectivity index is 2.38. The van der Waals surface area contributed by atoms with Gasteiger partial charge in [0.2, 0.25) is 5.69 Å². The Morgan fingerprint density at radius 1 is 1.21 bits per heavy atom. The summed E-state index contributed by atoms with van der Waals surface area (Å²) in [6.45, 7) is 0. The Morgan fingerprint density at radius 3 is 2.21 bits per heavy atom. The highest BCUT2D eigenvalue weighted by Crippen LogP contribution is 2.29. The third kappa shape index (κ3) is 2.51. The van der Waals surface area contributed by atoms with Gasteiger partial charge in [-0.3, -0.25) is 0 Å². The molecule has 19 heavy (non-hydrogen) atoms. The number of rotatable bonds is 2. The van der Waals surface area contributed by atoms with Crippen molar-refractivity contribution in [1.29, 1.82) is 0 Å². The van der Waals surface area contributed by atoms with Crippen molar-refractivity contribution < 1.29 is 28.2 Å². The molecule has 0 atom stereocenters. The molecule has 0 unspecified atom stereocenters. The molecular formula is C11H7F3N2O3. The van der Waals surface area contributed by atoms with E-state index in [9.17, 15) is 23.1 Å². The van der Waals surface area contributed by atoms with E-state index in [0.29, 0.717) is 0 Å². The normalized spacial score (nSPS) is 11.5. The van der Waals surface area contributed by atoms with E-state index in [1.165, 1.54) is 0 Å². The largest absolute Gasteiger partial charge is 0.504 e. The van der Waals surface area contributed by atoms with E-state index >= 15 is 0 Å². The fraction of sp³-hybridized carbons (Fsp3) is 0.0909. The number of carboxylic acid groups (broad SMARTS) is 1. The molecule has 0 radical (unpaired) electrons. The van der Waals surface area contributed by atoms with Crippen LogP contribution in [0.4, 0.5) is 13.2 Å². The number of aromatic carboxylic acids is 1. The fourth-order valence-corrected chi connectivity index (χ4v) is 1.45. The molecule has 1 aromatic heterocycles. The number of carbonyl (C=O) groups is 1. The highest BCUT2D eigenvalue weighted by atomic mass is 19.4. The van der Waals surface area contributed by atoms with Crippen LogP contribution in [0.25, 0.3) is 5.69 Å². The van der Waals surface area contributed by atoms with Crippen LogP contribution in [0.3, 0.4) is 0 Å². The van der Waals surface area contributed by atoms with Gasteiger partial charge in [-0.2, -0.15) is 18.3 Å². The number of nitrogens with zero attached hydrogens (tertiary/aromatic N) is 2. The Hall–Kier alpha value is -2.51.